The first-order valence-electron chi connectivity index (χ1n) is 12.0. The zero-order valence-corrected chi connectivity index (χ0v) is 22.4. The molecule has 0 spiro atoms. The number of carboxylic acids is 1. The molecule has 4 aromatic rings. The number of amides is 3. The minimum Gasteiger partial charge on any atom is -0.478 e. The first-order chi connectivity index (χ1) is 18.9. The molecule has 3 amide bonds. The highest BCUT2D eigenvalue weighted by Crippen LogP contribution is 2.39. The average molecular weight is 540 g/mol. The standard InChI is InChI=1S/C29H25N5O6/c1-15-6-8-19(33(4)16(2)35)11-20(15)21-13-26-23(12-25(21)34(5)17(3)36)27(32-40-26)28(37)31-24-9-7-18(14-30)10-22(24)29(38)39/h6-13H,1-5H3,(H,31,37)(H,38,39). The Hall–Kier alpha value is -5.50. The molecule has 11 heteroatoms. The number of aryl methyl sites for hydroxylation is 1. The molecule has 0 aliphatic heterocycles. The SMILES string of the molecule is CC(=O)N(C)c1ccc(C)c(-c2cc3onc(C(=O)Nc4ccc(C#N)cc4C(=O)O)c3cc2N(C)C(C)=O)c1. The fraction of sp³-hybridized carbons (Fsp3) is 0.172. The van der Waals surface area contributed by atoms with Gasteiger partial charge in [-0.05, 0) is 60.5 Å². The normalized spacial score (nSPS) is 10.6. The molecular formula is C29H25N5O6. The minimum absolute atomic E-state index is 0.0209. The predicted octanol–water partition coefficient (Wildman–Crippen LogP) is 4.59. The Balaban J connectivity index is 1.85. The minimum atomic E-state index is -1.32. The molecule has 0 unspecified atom stereocenters. The molecule has 0 fully saturated rings. The van der Waals surface area contributed by atoms with Gasteiger partial charge in [-0.25, -0.2) is 4.79 Å². The number of nitriles is 1. The van der Waals surface area contributed by atoms with Gasteiger partial charge in [0.05, 0.1) is 34.0 Å². The van der Waals surface area contributed by atoms with E-state index >= 15 is 0 Å². The van der Waals surface area contributed by atoms with Crippen molar-refractivity contribution >= 4 is 51.7 Å². The van der Waals surface area contributed by atoms with Gasteiger partial charge in [0.2, 0.25) is 11.8 Å². The highest BCUT2D eigenvalue weighted by molar-refractivity contribution is 6.14. The molecule has 0 saturated heterocycles. The maximum absolute atomic E-state index is 13.2. The van der Waals surface area contributed by atoms with Crippen molar-refractivity contribution in [3.8, 4) is 17.2 Å². The lowest BCUT2D eigenvalue weighted by Gasteiger charge is -2.22. The average Bonchev–Trinajstić information content (AvgIpc) is 3.34. The highest BCUT2D eigenvalue weighted by Gasteiger charge is 2.24. The third kappa shape index (κ3) is 5.10. The molecule has 4 rings (SSSR count). The summed E-state index contributed by atoms with van der Waals surface area (Å²) < 4.78 is 5.50. The van der Waals surface area contributed by atoms with Gasteiger partial charge in [0.1, 0.15) is 0 Å². The molecule has 40 heavy (non-hydrogen) atoms. The van der Waals surface area contributed by atoms with Crippen LogP contribution in [0.25, 0.3) is 22.1 Å². The smallest absolute Gasteiger partial charge is 0.337 e. The number of anilines is 3. The fourth-order valence-electron chi connectivity index (χ4n) is 4.17. The number of rotatable bonds is 6. The quantitative estimate of drug-likeness (QED) is 0.360. The van der Waals surface area contributed by atoms with Crippen LogP contribution in [-0.4, -0.2) is 48.0 Å². The summed E-state index contributed by atoms with van der Waals surface area (Å²) in [5.41, 5.74) is 3.32. The van der Waals surface area contributed by atoms with Crippen LogP contribution >= 0.6 is 0 Å². The maximum Gasteiger partial charge on any atom is 0.337 e. The lowest BCUT2D eigenvalue weighted by atomic mass is 9.96. The summed E-state index contributed by atoms with van der Waals surface area (Å²) in [6.45, 7) is 4.75. The first kappa shape index (κ1) is 27.5. The summed E-state index contributed by atoms with van der Waals surface area (Å²) in [6, 6.07) is 14.5. The van der Waals surface area contributed by atoms with Gasteiger partial charge < -0.3 is 24.7 Å². The van der Waals surface area contributed by atoms with Gasteiger partial charge in [-0.1, -0.05) is 11.2 Å². The molecule has 0 saturated carbocycles. The van der Waals surface area contributed by atoms with Crippen molar-refractivity contribution in [3.05, 3.63) is 70.9 Å². The Labute approximate surface area is 229 Å². The van der Waals surface area contributed by atoms with E-state index in [1.807, 2.05) is 31.2 Å². The molecule has 1 heterocycles. The number of hydrogen-bond acceptors (Lipinski definition) is 7. The van der Waals surface area contributed by atoms with Gasteiger partial charge in [-0.2, -0.15) is 5.26 Å². The largest absolute Gasteiger partial charge is 0.478 e. The van der Waals surface area contributed by atoms with E-state index in [1.165, 1.54) is 35.8 Å². The highest BCUT2D eigenvalue weighted by atomic mass is 16.5. The van der Waals surface area contributed by atoms with Gasteiger partial charge in [-0.3, -0.25) is 14.4 Å². The van der Waals surface area contributed by atoms with E-state index in [2.05, 4.69) is 10.5 Å². The summed E-state index contributed by atoms with van der Waals surface area (Å²) in [7, 11) is 3.25. The van der Waals surface area contributed by atoms with E-state index in [-0.39, 0.29) is 39.9 Å². The zero-order chi connectivity index (χ0) is 29.3. The van der Waals surface area contributed by atoms with E-state index in [9.17, 15) is 24.3 Å². The van der Waals surface area contributed by atoms with E-state index in [0.717, 1.165) is 17.2 Å². The molecule has 0 bridgehead atoms. The van der Waals surface area contributed by atoms with Crippen LogP contribution < -0.4 is 15.1 Å². The number of nitrogens with one attached hydrogen (secondary N) is 1. The number of fused-ring (bicyclic) bond motifs is 1. The van der Waals surface area contributed by atoms with Gasteiger partial charge in [0.25, 0.3) is 5.91 Å². The van der Waals surface area contributed by atoms with Crippen molar-refractivity contribution in [1.29, 1.82) is 5.26 Å². The topological polar surface area (TPSA) is 157 Å². The Morgan fingerprint density at radius 3 is 2.27 bits per heavy atom. The predicted molar refractivity (Wildman–Crippen MR) is 148 cm³/mol. The Bertz CT molecular complexity index is 1750. The van der Waals surface area contributed by atoms with E-state index in [1.54, 1.807) is 26.2 Å². The fourth-order valence-corrected chi connectivity index (χ4v) is 4.17. The van der Waals surface area contributed by atoms with Crippen LogP contribution in [0.4, 0.5) is 17.1 Å². The van der Waals surface area contributed by atoms with Crippen LogP contribution in [0.3, 0.4) is 0 Å². The van der Waals surface area contributed by atoms with Gasteiger partial charge >= 0.3 is 5.97 Å². The van der Waals surface area contributed by atoms with Crippen molar-refractivity contribution in [2.45, 2.75) is 20.8 Å². The van der Waals surface area contributed by atoms with Crippen LogP contribution in [-0.2, 0) is 9.59 Å². The molecule has 11 nitrogen and oxygen atoms in total. The van der Waals surface area contributed by atoms with Crippen molar-refractivity contribution in [2.24, 2.45) is 0 Å². The molecule has 1 aromatic heterocycles. The summed E-state index contributed by atoms with van der Waals surface area (Å²) >= 11 is 0. The number of aromatic nitrogens is 1. The van der Waals surface area contributed by atoms with E-state index < -0.39 is 11.9 Å². The molecule has 0 aliphatic rings. The molecular weight excluding hydrogens is 514 g/mol. The number of nitrogens with zero attached hydrogens (tertiary/aromatic N) is 4. The summed E-state index contributed by atoms with van der Waals surface area (Å²) in [4.78, 5) is 52.3. The van der Waals surface area contributed by atoms with E-state index in [4.69, 9.17) is 9.78 Å². The molecule has 2 N–H and O–H groups in total. The molecule has 0 radical (unpaired) electrons. The van der Waals surface area contributed by atoms with Crippen molar-refractivity contribution < 1.29 is 28.8 Å². The van der Waals surface area contributed by atoms with Crippen LogP contribution in [0.1, 0.15) is 45.8 Å². The van der Waals surface area contributed by atoms with Crippen LogP contribution in [0.15, 0.2) is 53.1 Å². The third-order valence-corrected chi connectivity index (χ3v) is 6.64. The summed E-state index contributed by atoms with van der Waals surface area (Å²) in [5.74, 6) is -2.47. The Kier molecular flexibility index (Phi) is 7.37. The third-order valence-electron chi connectivity index (χ3n) is 6.64. The second-order valence-corrected chi connectivity index (χ2v) is 9.18. The van der Waals surface area contributed by atoms with Crippen LogP contribution in [0, 0.1) is 18.3 Å². The van der Waals surface area contributed by atoms with Crippen molar-refractivity contribution in [2.75, 3.05) is 29.2 Å². The zero-order valence-electron chi connectivity index (χ0n) is 22.4. The van der Waals surface area contributed by atoms with Crippen LogP contribution in [0.5, 0.6) is 0 Å². The molecule has 0 aliphatic carbocycles. The van der Waals surface area contributed by atoms with Gasteiger partial charge in [-0.15, -0.1) is 0 Å². The number of hydrogen-bond donors (Lipinski definition) is 2. The lowest BCUT2D eigenvalue weighted by Crippen LogP contribution is -2.24. The Morgan fingerprint density at radius 1 is 0.950 bits per heavy atom. The number of benzene rings is 3. The Morgan fingerprint density at radius 2 is 1.65 bits per heavy atom. The number of carboxylic acid groups (broad SMARTS) is 1. The maximum atomic E-state index is 13.2. The second kappa shape index (κ2) is 10.7. The van der Waals surface area contributed by atoms with E-state index in [0.29, 0.717) is 22.3 Å². The molecule has 202 valence electrons. The first-order valence-corrected chi connectivity index (χ1v) is 12.0. The lowest BCUT2D eigenvalue weighted by molar-refractivity contribution is -0.117. The monoisotopic (exact) mass is 539 g/mol. The van der Waals surface area contributed by atoms with Gasteiger partial charge in [0.15, 0.2) is 11.3 Å². The molecule has 3 aromatic carbocycles. The number of aromatic carboxylic acids is 1. The summed E-state index contributed by atoms with van der Waals surface area (Å²) in [5, 5.41) is 25.4. The second-order valence-electron chi connectivity index (χ2n) is 9.18. The summed E-state index contributed by atoms with van der Waals surface area (Å²) in [6.07, 6.45) is 0. The number of carbonyl (C=O) groups is 4. The van der Waals surface area contributed by atoms with Gasteiger partial charge in [0, 0.05) is 39.2 Å². The van der Waals surface area contributed by atoms with Crippen LogP contribution in [0.2, 0.25) is 0 Å². The number of carbonyl (C=O) groups excluding carboxylic acids is 3. The van der Waals surface area contributed by atoms with Crippen molar-refractivity contribution in [3.63, 3.8) is 0 Å². The molecule has 0 atom stereocenters. The van der Waals surface area contributed by atoms with Crippen molar-refractivity contribution in [1.82, 2.24) is 5.16 Å².